The molecule has 1 atom stereocenters. The maximum absolute atomic E-state index is 13.0. The second kappa shape index (κ2) is 8.46. The molecule has 1 amide bonds. The molecule has 0 bridgehead atoms. The molecule has 28 heavy (non-hydrogen) atoms. The monoisotopic (exact) mass is 426 g/mol. The van der Waals surface area contributed by atoms with Crippen LogP contribution in [0.1, 0.15) is 23.2 Å². The number of hydrogen-bond acceptors (Lipinski definition) is 4. The highest BCUT2D eigenvalue weighted by molar-refractivity contribution is 7.92. The number of nitrogens with one attached hydrogen (secondary N) is 1. The minimum atomic E-state index is -3.98. The average Bonchev–Trinajstić information content (AvgIpc) is 3.12. The van der Waals surface area contributed by atoms with Gasteiger partial charge in [-0.05, 0) is 61.2 Å². The summed E-state index contributed by atoms with van der Waals surface area (Å²) in [5.41, 5.74) is 0.383. The van der Waals surface area contributed by atoms with Gasteiger partial charge in [-0.15, -0.1) is 0 Å². The van der Waals surface area contributed by atoms with Crippen LogP contribution < -0.4 is 4.72 Å². The maximum atomic E-state index is 13.0. The number of nitrogens with zero attached hydrogens (tertiary/aromatic N) is 1. The van der Waals surface area contributed by atoms with Crippen LogP contribution in [0.2, 0.25) is 5.02 Å². The number of sulfonamides is 1. The first-order valence-corrected chi connectivity index (χ1v) is 10.6. The molecule has 2 N–H and O–H groups in total. The van der Waals surface area contributed by atoms with E-state index < -0.39 is 15.8 Å². The van der Waals surface area contributed by atoms with E-state index in [0.717, 1.165) is 30.7 Å². The van der Waals surface area contributed by atoms with Gasteiger partial charge >= 0.3 is 0 Å². The average molecular weight is 427 g/mol. The second-order valence-electron chi connectivity index (χ2n) is 6.67. The van der Waals surface area contributed by atoms with E-state index in [1.54, 1.807) is 11.0 Å². The summed E-state index contributed by atoms with van der Waals surface area (Å²) in [6, 6.07) is 8.78. The molecule has 0 unspecified atom stereocenters. The molecule has 1 aliphatic rings. The van der Waals surface area contributed by atoms with E-state index in [4.69, 9.17) is 16.7 Å². The van der Waals surface area contributed by atoms with Gasteiger partial charge in [0.25, 0.3) is 15.9 Å². The molecular formula is C19H20ClFN2O4S. The van der Waals surface area contributed by atoms with Gasteiger partial charge in [-0.3, -0.25) is 9.52 Å². The number of amides is 1. The zero-order chi connectivity index (χ0) is 20.3. The highest BCUT2D eigenvalue weighted by Gasteiger charge is 2.27. The third-order valence-corrected chi connectivity index (χ3v) is 6.40. The lowest BCUT2D eigenvalue weighted by atomic mass is 10.1. The molecule has 0 spiro atoms. The van der Waals surface area contributed by atoms with E-state index in [1.807, 2.05) is 0 Å². The Morgan fingerprint density at radius 1 is 1.25 bits per heavy atom. The minimum Gasteiger partial charge on any atom is -0.396 e. The molecular weight excluding hydrogens is 407 g/mol. The van der Waals surface area contributed by atoms with Crippen LogP contribution in [-0.2, 0) is 10.0 Å². The Balaban J connectivity index is 1.80. The largest absolute Gasteiger partial charge is 0.396 e. The topological polar surface area (TPSA) is 86.7 Å². The van der Waals surface area contributed by atoms with Gasteiger partial charge in [0.2, 0.25) is 0 Å². The fraction of sp³-hybridized carbons (Fsp3) is 0.316. The second-order valence-corrected chi connectivity index (χ2v) is 8.76. The van der Waals surface area contributed by atoms with Crippen LogP contribution in [0.15, 0.2) is 47.4 Å². The zero-order valence-corrected chi connectivity index (χ0v) is 16.5. The Labute approximate surface area is 168 Å². The van der Waals surface area contributed by atoms with Crippen LogP contribution >= 0.6 is 11.6 Å². The van der Waals surface area contributed by atoms with Crippen molar-refractivity contribution in [3.63, 3.8) is 0 Å². The van der Waals surface area contributed by atoms with Crippen molar-refractivity contribution >= 4 is 33.2 Å². The zero-order valence-electron chi connectivity index (χ0n) is 14.9. The van der Waals surface area contributed by atoms with Crippen molar-refractivity contribution in [3.05, 3.63) is 58.9 Å². The summed E-state index contributed by atoms with van der Waals surface area (Å²) in [5.74, 6) is -0.508. The van der Waals surface area contributed by atoms with Crippen LogP contribution in [0, 0.1) is 11.7 Å². The van der Waals surface area contributed by atoms with Crippen molar-refractivity contribution in [2.24, 2.45) is 5.92 Å². The van der Waals surface area contributed by atoms with Crippen molar-refractivity contribution in [1.29, 1.82) is 0 Å². The van der Waals surface area contributed by atoms with Crippen LogP contribution in [-0.4, -0.2) is 44.0 Å². The fourth-order valence-corrected chi connectivity index (χ4v) is 4.46. The lowest BCUT2D eigenvalue weighted by Gasteiger charge is -2.18. The molecule has 9 heteroatoms. The van der Waals surface area contributed by atoms with Gasteiger partial charge in [-0.2, -0.15) is 0 Å². The number of carbonyl (C=O) groups excluding carboxylic acids is 1. The smallest absolute Gasteiger partial charge is 0.261 e. The molecule has 0 aromatic heterocycles. The Morgan fingerprint density at radius 3 is 2.64 bits per heavy atom. The predicted molar refractivity (Wildman–Crippen MR) is 104 cm³/mol. The lowest BCUT2D eigenvalue weighted by Crippen LogP contribution is -2.29. The summed E-state index contributed by atoms with van der Waals surface area (Å²) in [6.45, 7) is 1.23. The number of anilines is 1. The third kappa shape index (κ3) is 4.63. The molecule has 2 aromatic carbocycles. The van der Waals surface area contributed by atoms with Crippen molar-refractivity contribution in [3.8, 4) is 0 Å². The number of aliphatic hydroxyl groups excluding tert-OH is 1. The lowest BCUT2D eigenvalue weighted by molar-refractivity contribution is 0.0785. The molecule has 1 fully saturated rings. The number of likely N-dealkylation sites (tertiary alicyclic amines) is 1. The molecule has 150 valence electrons. The summed E-state index contributed by atoms with van der Waals surface area (Å²) >= 11 is 6.10. The Bertz CT molecular complexity index is 966. The van der Waals surface area contributed by atoms with Crippen LogP contribution in [0.3, 0.4) is 0 Å². The van der Waals surface area contributed by atoms with Crippen molar-refractivity contribution in [2.45, 2.75) is 17.7 Å². The summed E-state index contributed by atoms with van der Waals surface area (Å²) in [7, 11) is -3.98. The molecule has 0 radical (unpaired) electrons. The van der Waals surface area contributed by atoms with E-state index in [-0.39, 0.29) is 34.0 Å². The molecule has 2 aromatic rings. The van der Waals surface area contributed by atoms with Gasteiger partial charge in [-0.1, -0.05) is 11.6 Å². The number of halogens is 2. The highest BCUT2D eigenvalue weighted by atomic mass is 35.5. The van der Waals surface area contributed by atoms with Crippen LogP contribution in [0.4, 0.5) is 10.1 Å². The number of carbonyl (C=O) groups is 1. The van der Waals surface area contributed by atoms with E-state index >= 15 is 0 Å². The Kier molecular flexibility index (Phi) is 6.22. The standard InChI is InChI=1S/C19H20ClFN2O4S/c20-17-6-1-14(19(25)23-9-7-13(12-23)8-10-24)11-18(17)22-28(26,27)16-4-2-15(21)3-5-16/h1-6,11,13,22,24H,7-10,12H2/t13-/m1/s1. The van der Waals surface area contributed by atoms with E-state index in [1.165, 1.54) is 12.1 Å². The quantitative estimate of drug-likeness (QED) is 0.743. The molecule has 3 rings (SSSR count). The first kappa shape index (κ1) is 20.6. The summed E-state index contributed by atoms with van der Waals surface area (Å²) in [6.07, 6.45) is 1.47. The summed E-state index contributed by atoms with van der Waals surface area (Å²) < 4.78 is 40.4. The summed E-state index contributed by atoms with van der Waals surface area (Å²) in [5, 5.41) is 9.19. The van der Waals surface area contributed by atoms with Crippen LogP contribution in [0.5, 0.6) is 0 Å². The molecule has 1 heterocycles. The molecule has 0 saturated carbocycles. The first-order chi connectivity index (χ1) is 13.3. The first-order valence-electron chi connectivity index (χ1n) is 8.78. The molecule has 1 aliphatic heterocycles. The van der Waals surface area contributed by atoms with Gasteiger partial charge in [-0.25, -0.2) is 12.8 Å². The van der Waals surface area contributed by atoms with Gasteiger partial charge in [0.05, 0.1) is 15.6 Å². The number of hydrogen-bond donors (Lipinski definition) is 2. The molecule has 0 aliphatic carbocycles. The van der Waals surface area contributed by atoms with Gasteiger partial charge in [0.1, 0.15) is 5.82 Å². The van der Waals surface area contributed by atoms with Crippen molar-refractivity contribution in [1.82, 2.24) is 4.90 Å². The number of benzene rings is 2. The SMILES string of the molecule is O=C(c1ccc(Cl)c(NS(=O)(=O)c2ccc(F)cc2)c1)N1CC[C@H](CCO)C1. The van der Waals surface area contributed by atoms with E-state index in [9.17, 15) is 17.6 Å². The Hall–Kier alpha value is -2.16. The van der Waals surface area contributed by atoms with Crippen LogP contribution in [0.25, 0.3) is 0 Å². The van der Waals surface area contributed by atoms with E-state index in [0.29, 0.717) is 25.1 Å². The molecule has 1 saturated heterocycles. The minimum absolute atomic E-state index is 0.0722. The molecule has 6 nitrogen and oxygen atoms in total. The normalized spacial score (nSPS) is 17.0. The number of aliphatic hydroxyl groups is 1. The summed E-state index contributed by atoms with van der Waals surface area (Å²) in [4.78, 5) is 14.3. The van der Waals surface area contributed by atoms with Crippen molar-refractivity contribution in [2.75, 3.05) is 24.4 Å². The maximum Gasteiger partial charge on any atom is 0.261 e. The van der Waals surface area contributed by atoms with Gasteiger partial charge < -0.3 is 10.0 Å². The fourth-order valence-electron chi connectivity index (χ4n) is 3.17. The van der Waals surface area contributed by atoms with Crippen molar-refractivity contribution < 1.29 is 22.7 Å². The Morgan fingerprint density at radius 2 is 1.96 bits per heavy atom. The third-order valence-electron chi connectivity index (χ3n) is 4.69. The highest BCUT2D eigenvalue weighted by Crippen LogP contribution is 2.28. The van der Waals surface area contributed by atoms with E-state index in [2.05, 4.69) is 4.72 Å². The van der Waals surface area contributed by atoms with Gasteiger partial charge in [0, 0.05) is 25.3 Å². The number of rotatable bonds is 6. The predicted octanol–water partition coefficient (Wildman–Crippen LogP) is 3.12. The van der Waals surface area contributed by atoms with Gasteiger partial charge in [0.15, 0.2) is 0 Å².